The van der Waals surface area contributed by atoms with Gasteiger partial charge in [-0.1, -0.05) is 84.9 Å². The number of aromatic amines is 2. The van der Waals surface area contributed by atoms with E-state index in [0.717, 1.165) is 109 Å². The van der Waals surface area contributed by atoms with Crippen LogP contribution in [0.3, 0.4) is 0 Å². The molecule has 8 fully saturated rings. The number of nitrogens with two attached hydrogens (primary N) is 2. The van der Waals surface area contributed by atoms with Gasteiger partial charge in [-0.15, -0.1) is 0 Å². The Morgan fingerprint density at radius 3 is 0.971 bits per heavy atom. The van der Waals surface area contributed by atoms with Crippen LogP contribution in [0, 0.1) is 23.3 Å². The number of piperidine rings is 2. The third-order valence-corrected chi connectivity index (χ3v) is 27.5. The summed E-state index contributed by atoms with van der Waals surface area (Å²) in [6.45, 7) is 26.0. The summed E-state index contributed by atoms with van der Waals surface area (Å²) < 4.78 is 89.2. The minimum Gasteiger partial charge on any atom is -0.444 e. The number of ether oxygens (including phenoxy) is 4. The highest BCUT2D eigenvalue weighted by molar-refractivity contribution is 6.00. The molecule has 2 aromatic heterocycles. The third-order valence-electron chi connectivity index (χ3n) is 27.5. The number of carbonyl (C=O) groups excluding carboxylic acids is 6. The van der Waals surface area contributed by atoms with Gasteiger partial charge in [-0.05, 0) is 304 Å². The van der Waals surface area contributed by atoms with Crippen LogP contribution in [0.15, 0.2) is 158 Å². The number of imidazole rings is 2. The van der Waals surface area contributed by atoms with Gasteiger partial charge < -0.3 is 70.6 Å². The number of likely N-dealkylation sites (tertiary alicyclic amines) is 4. The van der Waals surface area contributed by atoms with Gasteiger partial charge in [0.1, 0.15) is 57.5 Å². The van der Waals surface area contributed by atoms with E-state index >= 15 is 17.6 Å². The topological polar surface area (TPSA) is 299 Å². The number of hydrogen-bond acceptors (Lipinski definition) is 18. The van der Waals surface area contributed by atoms with Gasteiger partial charge in [0.25, 0.3) is 0 Å². The van der Waals surface area contributed by atoms with Crippen LogP contribution in [0.2, 0.25) is 0 Å². The van der Waals surface area contributed by atoms with Gasteiger partial charge in [0, 0.05) is 63.7 Å². The summed E-state index contributed by atoms with van der Waals surface area (Å²) in [6.07, 6.45) is 9.44. The Balaban J connectivity index is 0.000000189. The molecular formula is C106H128F4N16O10. The number of amides is 6. The van der Waals surface area contributed by atoms with Crippen molar-refractivity contribution in [1.82, 2.24) is 39.5 Å². The molecule has 136 heavy (non-hydrogen) atoms. The number of anilines is 8. The first kappa shape index (κ1) is 95.0. The summed E-state index contributed by atoms with van der Waals surface area (Å²) in [6, 6.07) is 46.2. The molecule has 8 saturated heterocycles. The maximum Gasteiger partial charge on any atom is 0.410 e. The molecule has 8 aliphatic rings. The fourth-order valence-corrected chi connectivity index (χ4v) is 21.4. The Morgan fingerprint density at radius 2 is 0.647 bits per heavy atom. The highest BCUT2D eigenvalue weighted by Crippen LogP contribution is 2.53. The second-order valence-electron chi connectivity index (χ2n) is 41.7. The number of benzene rings is 8. The average Bonchev–Trinajstić information content (AvgIpc) is 1.59. The van der Waals surface area contributed by atoms with Crippen LogP contribution in [0.4, 0.5) is 82.2 Å². The number of halogens is 4. The van der Waals surface area contributed by atoms with E-state index in [0.29, 0.717) is 137 Å². The molecule has 8 N–H and O–H groups in total. The van der Waals surface area contributed by atoms with Crippen LogP contribution in [0.1, 0.15) is 279 Å². The number of fused-ring (bicyclic) bond motifs is 2. The number of nitrogen functional groups attached to an aromatic ring is 2. The third kappa shape index (κ3) is 21.0. The largest absolute Gasteiger partial charge is 0.444 e. The van der Waals surface area contributed by atoms with E-state index < -0.39 is 82.0 Å². The summed E-state index contributed by atoms with van der Waals surface area (Å²) in [7, 11) is 0. The molecule has 0 bridgehead atoms. The lowest BCUT2D eigenvalue weighted by Crippen LogP contribution is -2.45. The van der Waals surface area contributed by atoms with Crippen molar-refractivity contribution >= 4 is 104 Å². The van der Waals surface area contributed by atoms with Crippen molar-refractivity contribution < 1.29 is 65.3 Å². The van der Waals surface area contributed by atoms with Crippen LogP contribution in [-0.2, 0) is 28.5 Å². The van der Waals surface area contributed by atoms with Crippen molar-refractivity contribution in [3.63, 3.8) is 0 Å². The van der Waals surface area contributed by atoms with Crippen molar-refractivity contribution in [2.24, 2.45) is 0 Å². The highest BCUT2D eigenvalue weighted by atomic mass is 19.1. The first-order valence-electron chi connectivity index (χ1n) is 48.3. The van der Waals surface area contributed by atoms with Gasteiger partial charge in [-0.2, -0.15) is 0 Å². The molecule has 0 radical (unpaired) electrons. The smallest absolute Gasteiger partial charge is 0.410 e. The van der Waals surface area contributed by atoms with Gasteiger partial charge in [-0.25, -0.2) is 46.7 Å². The number of H-pyrrole nitrogens is 2. The van der Waals surface area contributed by atoms with E-state index in [1.807, 2.05) is 112 Å². The Hall–Kier alpha value is -12.8. The Labute approximate surface area is 792 Å². The molecule has 10 heterocycles. The SMILES string of the molecule is CC(C)(C)OC(=O)N1CCCC1C(=O)Nc1ccc(C2CCC(c3ccc(NC(=O)C4CCCN4C(=O)OC(C)(C)C)c(N)c3)N2c2cc(F)c(N3CCC(c4ccccc4)CC3)c(F)c2)cc1N.CC(C)(C)OC(=O)N1CCCC1c1nc2ccc(C3CCC(c4ccc5nc(C6CCCN6C(=O)OC(C)(C)C)[nH]c5c4)N3c3cc(F)c(N4CCC(c5ccccc5)CC4)c(F)c3)cc2[nH]1. The first-order valence-corrected chi connectivity index (χ1v) is 48.3. The minimum absolute atomic E-state index is 0.0278. The van der Waals surface area contributed by atoms with Crippen molar-refractivity contribution in [2.75, 3.05) is 94.1 Å². The molecular weight excluding hydrogens is 1730 g/mol. The lowest BCUT2D eigenvalue weighted by atomic mass is 9.89. The molecule has 8 atom stereocenters. The van der Waals surface area contributed by atoms with Crippen LogP contribution in [0.25, 0.3) is 22.1 Å². The van der Waals surface area contributed by atoms with Gasteiger partial charge in [-0.3, -0.25) is 29.2 Å². The highest BCUT2D eigenvalue weighted by Gasteiger charge is 2.45. The number of hydrogen-bond donors (Lipinski definition) is 6. The maximum absolute atomic E-state index is 16.7. The quantitative estimate of drug-likeness (QED) is 0.0297. The molecule has 8 aliphatic heterocycles. The molecule has 30 heteroatoms. The molecule has 8 unspecified atom stereocenters. The lowest BCUT2D eigenvalue weighted by Gasteiger charge is -2.36. The van der Waals surface area contributed by atoms with Crippen LogP contribution in [-0.4, -0.2) is 163 Å². The second kappa shape index (κ2) is 38.8. The van der Waals surface area contributed by atoms with Gasteiger partial charge >= 0.3 is 24.4 Å². The van der Waals surface area contributed by atoms with Crippen molar-refractivity contribution in [3.8, 4) is 0 Å². The molecule has 6 amide bonds. The number of aromatic nitrogens is 4. The normalized spacial score (nSPS) is 21.5. The van der Waals surface area contributed by atoms with Crippen LogP contribution >= 0.6 is 0 Å². The van der Waals surface area contributed by atoms with E-state index in [4.69, 9.17) is 40.4 Å². The predicted molar refractivity (Wildman–Crippen MR) is 521 cm³/mol. The van der Waals surface area contributed by atoms with E-state index in [1.165, 1.54) is 45.2 Å². The fourth-order valence-electron chi connectivity index (χ4n) is 21.4. The zero-order valence-electron chi connectivity index (χ0n) is 80.0. The summed E-state index contributed by atoms with van der Waals surface area (Å²) in [5.41, 5.74) is 22.0. The molecule has 10 aromatic rings. The first-order chi connectivity index (χ1) is 64.8. The maximum atomic E-state index is 16.7. The lowest BCUT2D eigenvalue weighted by molar-refractivity contribution is -0.121. The molecule has 0 aliphatic carbocycles. The summed E-state index contributed by atoms with van der Waals surface area (Å²) in [5, 5.41) is 5.84. The monoisotopic (exact) mass is 1860 g/mol. The van der Waals surface area contributed by atoms with E-state index in [-0.39, 0.29) is 70.9 Å². The average molecular weight is 1860 g/mol. The zero-order chi connectivity index (χ0) is 96.1. The van der Waals surface area contributed by atoms with Gasteiger partial charge in [0.2, 0.25) is 11.8 Å². The van der Waals surface area contributed by atoms with Crippen LogP contribution in [0.5, 0.6) is 0 Å². The second-order valence-corrected chi connectivity index (χ2v) is 41.7. The standard InChI is InChI=1S/C53H66F2N8O6.C53H62F2N8O4/c1-52(2,3)68-50(66)61-24-10-14-45(61)48(64)58-41-18-16-34(28-39(41)56)43-20-21-44(35-17-19-42(40(57)29-35)59-49(65)46-15-11-25-62(46)51(67)69-53(4,5)6)63(43)36-30-37(54)47(38(55)31-36)60-26-22-33(23-27-60)32-12-8-7-9-13-32;1-52(2,3)66-50(64)61-24-10-14-45(61)48-56-39-18-16-34(28-41(39)58-48)43-20-21-44(35-17-19-40-42(29-35)59-49(57-40)46-15-11-25-62(46)51(65)67-53(4,5)6)63(43)36-30-37(54)47(38(55)31-36)60-26-22-33(23-27-60)32-12-8-7-9-13-32/h7-9,12-13,16-19,28-31,33,43-46H,10-11,14-15,20-27,56-57H2,1-6H3,(H,58,64)(H,59,65);7-9,12-13,16-19,28-31,33,43-46H,10-11,14-15,20-27H2,1-6H3,(H,56,58)(H,57,59). The molecule has 0 spiro atoms. The van der Waals surface area contributed by atoms with E-state index in [9.17, 15) is 28.8 Å². The number of nitrogens with zero attached hydrogens (tertiary/aromatic N) is 10. The summed E-state index contributed by atoms with van der Waals surface area (Å²) >= 11 is 0. The zero-order valence-corrected chi connectivity index (χ0v) is 80.0. The molecule has 8 aromatic carbocycles. The van der Waals surface area contributed by atoms with E-state index in [1.54, 1.807) is 80.5 Å². The Bertz CT molecular complexity index is 5780. The van der Waals surface area contributed by atoms with Crippen molar-refractivity contribution in [3.05, 3.63) is 226 Å². The minimum atomic E-state index is -0.727. The Morgan fingerprint density at radius 1 is 0.346 bits per heavy atom. The fraction of sp³-hybridized carbons (Fsp3) is 0.472. The van der Waals surface area contributed by atoms with Crippen molar-refractivity contribution in [2.45, 2.75) is 268 Å². The number of rotatable bonds is 16. The molecule has 26 nitrogen and oxygen atoms in total. The predicted octanol–water partition coefficient (Wildman–Crippen LogP) is 22.6. The van der Waals surface area contributed by atoms with Crippen molar-refractivity contribution in [1.29, 1.82) is 0 Å². The number of nitrogens with one attached hydrogen (secondary N) is 4. The number of carbonyl (C=O) groups is 6. The van der Waals surface area contributed by atoms with Gasteiger partial charge in [0.15, 0.2) is 23.3 Å². The van der Waals surface area contributed by atoms with Crippen LogP contribution < -0.4 is 41.7 Å². The molecule has 18 rings (SSSR count). The summed E-state index contributed by atoms with van der Waals surface area (Å²) in [5.74, 6) is -1.15. The Kier molecular flexibility index (Phi) is 27.1. The summed E-state index contributed by atoms with van der Waals surface area (Å²) in [4.78, 5) is 111. The molecule has 720 valence electrons. The van der Waals surface area contributed by atoms with E-state index in [2.05, 4.69) is 74.0 Å². The molecule has 0 saturated carbocycles. The van der Waals surface area contributed by atoms with Gasteiger partial charge in [0.05, 0.1) is 81.1 Å².